The van der Waals surface area contributed by atoms with Gasteiger partial charge in [-0.2, -0.15) is 0 Å². The second kappa shape index (κ2) is 7.81. The number of piperazine rings is 1. The molecule has 134 valence electrons. The summed E-state index contributed by atoms with van der Waals surface area (Å²) in [4.78, 5) is 16.5. The lowest BCUT2D eigenvalue weighted by molar-refractivity contribution is 0.114. The first-order chi connectivity index (χ1) is 12.3. The molecule has 2 aromatic heterocycles. The lowest BCUT2D eigenvalue weighted by Crippen LogP contribution is -2.46. The zero-order valence-electron chi connectivity index (χ0n) is 14.9. The second-order valence-electron chi connectivity index (χ2n) is 6.79. The molecule has 2 aliphatic rings. The fraction of sp³-hybridized carbons (Fsp3) is 0.579. The van der Waals surface area contributed by atoms with E-state index < -0.39 is 0 Å². The van der Waals surface area contributed by atoms with E-state index in [1.54, 1.807) is 6.33 Å². The van der Waals surface area contributed by atoms with Gasteiger partial charge in [0.2, 0.25) is 0 Å². The molecule has 1 atom stereocenters. The highest BCUT2D eigenvalue weighted by Crippen LogP contribution is 2.33. The fourth-order valence-electron chi connectivity index (χ4n) is 3.56. The molecule has 2 aliphatic heterocycles. The first-order valence-corrected chi connectivity index (χ1v) is 10.1. The Morgan fingerprint density at radius 1 is 1.20 bits per heavy atom. The maximum atomic E-state index is 5.80. The molecule has 0 N–H and O–H groups in total. The summed E-state index contributed by atoms with van der Waals surface area (Å²) < 4.78 is 5.80. The molecule has 0 aliphatic carbocycles. The van der Waals surface area contributed by atoms with Crippen LogP contribution in [0.3, 0.4) is 0 Å². The minimum absolute atomic E-state index is 0.348. The smallest absolute Gasteiger partial charge is 0.132 e. The van der Waals surface area contributed by atoms with Crippen molar-refractivity contribution in [3.05, 3.63) is 40.0 Å². The molecule has 2 aromatic rings. The Kier molecular flexibility index (Phi) is 5.29. The normalized spacial score (nSPS) is 21.8. The van der Waals surface area contributed by atoms with Crippen molar-refractivity contribution in [1.82, 2.24) is 14.9 Å². The molecule has 6 heteroatoms. The third-order valence-electron chi connectivity index (χ3n) is 5.08. The molecular formula is C19H26N4OS. The monoisotopic (exact) mass is 358 g/mol. The van der Waals surface area contributed by atoms with E-state index in [0.29, 0.717) is 6.10 Å². The quantitative estimate of drug-likeness (QED) is 0.820. The summed E-state index contributed by atoms with van der Waals surface area (Å²) in [5.74, 6) is 1.07. The van der Waals surface area contributed by atoms with E-state index in [2.05, 4.69) is 44.9 Å². The van der Waals surface area contributed by atoms with Crippen LogP contribution in [0.4, 0.5) is 5.82 Å². The van der Waals surface area contributed by atoms with E-state index in [4.69, 9.17) is 4.74 Å². The third kappa shape index (κ3) is 4.02. The Hall–Kier alpha value is -1.50. The van der Waals surface area contributed by atoms with E-state index in [0.717, 1.165) is 57.3 Å². The maximum absolute atomic E-state index is 5.80. The average Bonchev–Trinajstić information content (AvgIpc) is 3.34. The number of rotatable bonds is 5. The average molecular weight is 359 g/mol. The number of hydrogen-bond acceptors (Lipinski definition) is 6. The van der Waals surface area contributed by atoms with Crippen LogP contribution in [-0.2, 0) is 17.7 Å². The largest absolute Gasteiger partial charge is 0.373 e. The highest BCUT2D eigenvalue weighted by molar-refractivity contribution is 7.12. The highest BCUT2D eigenvalue weighted by atomic mass is 32.1. The molecule has 5 nitrogen and oxygen atoms in total. The van der Waals surface area contributed by atoms with Crippen LogP contribution in [0.5, 0.6) is 0 Å². The van der Waals surface area contributed by atoms with Gasteiger partial charge in [0, 0.05) is 60.8 Å². The first kappa shape index (κ1) is 16.9. The minimum Gasteiger partial charge on any atom is -0.373 e. The van der Waals surface area contributed by atoms with Crippen LogP contribution in [0.25, 0.3) is 0 Å². The number of nitrogens with zero attached hydrogens (tertiary/aromatic N) is 4. The summed E-state index contributed by atoms with van der Waals surface area (Å²) in [5.41, 5.74) is 1.12. The maximum Gasteiger partial charge on any atom is 0.132 e. The molecule has 25 heavy (non-hydrogen) atoms. The van der Waals surface area contributed by atoms with Crippen molar-refractivity contribution in [3.8, 4) is 0 Å². The van der Waals surface area contributed by atoms with Crippen molar-refractivity contribution in [2.24, 2.45) is 0 Å². The molecule has 2 fully saturated rings. The van der Waals surface area contributed by atoms with Crippen LogP contribution in [0, 0.1) is 0 Å². The van der Waals surface area contributed by atoms with Gasteiger partial charge in [-0.05, 0) is 31.4 Å². The summed E-state index contributed by atoms with van der Waals surface area (Å²) in [6.45, 7) is 8.33. The van der Waals surface area contributed by atoms with E-state index in [1.165, 1.54) is 22.6 Å². The van der Waals surface area contributed by atoms with Crippen LogP contribution in [0.2, 0.25) is 0 Å². The van der Waals surface area contributed by atoms with Crippen LogP contribution in [0.1, 0.15) is 41.3 Å². The zero-order valence-corrected chi connectivity index (χ0v) is 15.7. The van der Waals surface area contributed by atoms with Crippen LogP contribution in [-0.4, -0.2) is 47.7 Å². The standard InChI is InChI=1S/C19H26N4OS/c1-2-15-12-19(21-14-20-15)23-9-7-22(8-10-23)13-16-5-6-18(25-16)17-4-3-11-24-17/h5-6,12,14,17H,2-4,7-11,13H2,1H3/t17-/m0/s1. The van der Waals surface area contributed by atoms with Gasteiger partial charge >= 0.3 is 0 Å². The molecule has 0 radical (unpaired) electrons. The van der Waals surface area contributed by atoms with Gasteiger partial charge in [0.15, 0.2) is 0 Å². The van der Waals surface area contributed by atoms with Crippen molar-refractivity contribution >= 4 is 17.2 Å². The number of aryl methyl sites for hydroxylation is 1. The van der Waals surface area contributed by atoms with Crippen molar-refractivity contribution in [2.45, 2.75) is 38.8 Å². The van der Waals surface area contributed by atoms with Gasteiger partial charge in [0.05, 0.1) is 6.10 Å². The minimum atomic E-state index is 0.348. The van der Waals surface area contributed by atoms with Crippen molar-refractivity contribution in [2.75, 3.05) is 37.7 Å². The number of ether oxygens (including phenoxy) is 1. The zero-order chi connectivity index (χ0) is 17.1. The van der Waals surface area contributed by atoms with Gasteiger partial charge in [-0.15, -0.1) is 11.3 Å². The number of anilines is 1. The summed E-state index contributed by atoms with van der Waals surface area (Å²) in [6.07, 6.45) is 5.38. The molecule has 0 aromatic carbocycles. The number of aromatic nitrogens is 2. The molecular weight excluding hydrogens is 332 g/mol. The molecule has 0 saturated carbocycles. The molecule has 0 spiro atoms. The third-order valence-corrected chi connectivity index (χ3v) is 6.24. The van der Waals surface area contributed by atoms with Crippen LogP contribution >= 0.6 is 11.3 Å². The summed E-state index contributed by atoms with van der Waals surface area (Å²) in [6, 6.07) is 6.67. The van der Waals surface area contributed by atoms with Gasteiger partial charge in [-0.3, -0.25) is 4.90 Å². The van der Waals surface area contributed by atoms with E-state index >= 15 is 0 Å². The van der Waals surface area contributed by atoms with Gasteiger partial charge in [0.25, 0.3) is 0 Å². The number of thiophene rings is 1. The molecule has 4 heterocycles. The van der Waals surface area contributed by atoms with E-state index in [-0.39, 0.29) is 0 Å². The van der Waals surface area contributed by atoms with Gasteiger partial charge in [-0.25, -0.2) is 9.97 Å². The predicted molar refractivity (Wildman–Crippen MR) is 101 cm³/mol. The summed E-state index contributed by atoms with van der Waals surface area (Å²) in [5, 5.41) is 0. The topological polar surface area (TPSA) is 41.5 Å². The molecule has 0 amide bonds. The summed E-state index contributed by atoms with van der Waals surface area (Å²) in [7, 11) is 0. The van der Waals surface area contributed by atoms with Crippen LogP contribution in [0.15, 0.2) is 24.5 Å². The molecule has 2 saturated heterocycles. The fourth-order valence-corrected chi connectivity index (χ4v) is 4.70. The highest BCUT2D eigenvalue weighted by Gasteiger charge is 2.22. The van der Waals surface area contributed by atoms with E-state index in [1.807, 2.05) is 11.3 Å². The van der Waals surface area contributed by atoms with Crippen molar-refractivity contribution in [1.29, 1.82) is 0 Å². The predicted octanol–water partition coefficient (Wildman–Crippen LogP) is 3.27. The van der Waals surface area contributed by atoms with Crippen molar-refractivity contribution in [3.63, 3.8) is 0 Å². The number of hydrogen-bond donors (Lipinski definition) is 0. The Morgan fingerprint density at radius 2 is 2.08 bits per heavy atom. The molecule has 0 bridgehead atoms. The van der Waals surface area contributed by atoms with Crippen LogP contribution < -0.4 is 4.90 Å². The Balaban J connectivity index is 1.31. The first-order valence-electron chi connectivity index (χ1n) is 9.30. The Morgan fingerprint density at radius 3 is 2.84 bits per heavy atom. The molecule has 4 rings (SSSR count). The molecule has 0 unspecified atom stereocenters. The Bertz CT molecular complexity index is 690. The van der Waals surface area contributed by atoms with Gasteiger partial charge in [0.1, 0.15) is 12.1 Å². The Labute approximate surface area is 153 Å². The van der Waals surface area contributed by atoms with Crippen molar-refractivity contribution < 1.29 is 4.74 Å². The van der Waals surface area contributed by atoms with E-state index in [9.17, 15) is 0 Å². The van der Waals surface area contributed by atoms with Gasteiger partial charge < -0.3 is 9.64 Å². The van der Waals surface area contributed by atoms with Gasteiger partial charge in [-0.1, -0.05) is 6.92 Å². The lowest BCUT2D eigenvalue weighted by atomic mass is 10.2. The summed E-state index contributed by atoms with van der Waals surface area (Å²) >= 11 is 1.93. The second-order valence-corrected chi connectivity index (χ2v) is 7.99. The SMILES string of the molecule is CCc1cc(N2CCN(Cc3ccc([C@@H]4CCCO4)s3)CC2)ncn1. The lowest BCUT2D eigenvalue weighted by Gasteiger charge is -2.35.